The Kier molecular flexibility index (Phi) is 23.2. The highest BCUT2D eigenvalue weighted by molar-refractivity contribution is 5.86. The molecule has 0 aromatic heterocycles. The summed E-state index contributed by atoms with van der Waals surface area (Å²) >= 11 is 0. The summed E-state index contributed by atoms with van der Waals surface area (Å²) in [6, 6.07) is 26.2. The molecule has 4 aromatic carbocycles. The van der Waals surface area contributed by atoms with Crippen LogP contribution >= 0.6 is 0 Å². The van der Waals surface area contributed by atoms with Crippen LogP contribution in [0.25, 0.3) is 0 Å². The van der Waals surface area contributed by atoms with E-state index in [0.717, 1.165) is 61.4 Å². The molecule has 0 radical (unpaired) electrons. The first kappa shape index (κ1) is 46.7. The van der Waals surface area contributed by atoms with Gasteiger partial charge in [-0.15, -0.1) is 0 Å². The van der Waals surface area contributed by atoms with Crippen LogP contribution in [0.1, 0.15) is 147 Å². The third-order valence-corrected chi connectivity index (χ3v) is 10.2. The molecule has 59 heavy (non-hydrogen) atoms. The molecule has 0 aliphatic rings. The SMILES string of the molecule is CCCCCCCCOc1ccc(C=Nc2ccc(OCCCCCCCCCOc3ccc(N=Cc4ccc(OCCCCCCCC)cc4O)cc3)cc2)c(O)c1. The number of unbranched alkanes of at least 4 members (excludes halogenated alkanes) is 16. The average molecular weight is 807 g/mol. The first-order chi connectivity index (χ1) is 29.0. The van der Waals surface area contributed by atoms with Gasteiger partial charge in [0, 0.05) is 35.7 Å². The summed E-state index contributed by atoms with van der Waals surface area (Å²) in [4.78, 5) is 9.05. The number of nitrogens with zero attached hydrogens (tertiary/aromatic N) is 2. The maximum atomic E-state index is 10.5. The van der Waals surface area contributed by atoms with Gasteiger partial charge in [-0.3, -0.25) is 9.98 Å². The molecule has 0 spiro atoms. The first-order valence-corrected chi connectivity index (χ1v) is 22.5. The van der Waals surface area contributed by atoms with Gasteiger partial charge >= 0.3 is 0 Å². The van der Waals surface area contributed by atoms with Crippen LogP contribution in [0.2, 0.25) is 0 Å². The van der Waals surface area contributed by atoms with E-state index in [9.17, 15) is 10.2 Å². The number of rotatable bonds is 32. The van der Waals surface area contributed by atoms with Crippen molar-refractivity contribution < 1.29 is 29.2 Å². The van der Waals surface area contributed by atoms with Crippen LogP contribution in [0.4, 0.5) is 11.4 Å². The number of hydrogen-bond acceptors (Lipinski definition) is 8. The van der Waals surface area contributed by atoms with Crippen LogP contribution < -0.4 is 18.9 Å². The van der Waals surface area contributed by atoms with Gasteiger partial charge < -0.3 is 29.2 Å². The summed E-state index contributed by atoms with van der Waals surface area (Å²) in [6.07, 6.45) is 26.0. The molecule has 320 valence electrons. The predicted molar refractivity (Wildman–Crippen MR) is 245 cm³/mol. The molecule has 8 nitrogen and oxygen atoms in total. The number of phenols is 2. The molecule has 0 atom stereocenters. The fourth-order valence-electron chi connectivity index (χ4n) is 6.60. The van der Waals surface area contributed by atoms with Gasteiger partial charge in [-0.2, -0.15) is 0 Å². The predicted octanol–water partition coefficient (Wildman–Crippen LogP) is 14.3. The summed E-state index contributed by atoms with van der Waals surface area (Å²) < 4.78 is 23.5. The summed E-state index contributed by atoms with van der Waals surface area (Å²) in [7, 11) is 0. The second kappa shape index (κ2) is 29.3. The van der Waals surface area contributed by atoms with Crippen molar-refractivity contribution in [3.05, 3.63) is 96.1 Å². The lowest BCUT2D eigenvalue weighted by molar-refractivity contribution is 0.299. The van der Waals surface area contributed by atoms with Gasteiger partial charge in [0.15, 0.2) is 0 Å². The molecule has 4 rings (SSSR count). The summed E-state index contributed by atoms with van der Waals surface area (Å²) in [5.41, 5.74) is 2.91. The molecule has 0 unspecified atom stereocenters. The smallest absolute Gasteiger partial charge is 0.128 e. The van der Waals surface area contributed by atoms with Crippen molar-refractivity contribution in [3.8, 4) is 34.5 Å². The zero-order valence-corrected chi connectivity index (χ0v) is 35.9. The van der Waals surface area contributed by atoms with Gasteiger partial charge in [0.25, 0.3) is 0 Å². The van der Waals surface area contributed by atoms with E-state index >= 15 is 0 Å². The quantitative estimate of drug-likeness (QED) is 0.0376. The third kappa shape index (κ3) is 20.0. The molecule has 0 bridgehead atoms. The molecule has 2 N–H and O–H groups in total. The molecule has 4 aromatic rings. The molecule has 0 fully saturated rings. The summed E-state index contributed by atoms with van der Waals surface area (Å²) in [5, 5.41) is 20.9. The zero-order chi connectivity index (χ0) is 41.6. The van der Waals surface area contributed by atoms with E-state index in [1.807, 2.05) is 72.8 Å². The molecule has 8 heteroatoms. The van der Waals surface area contributed by atoms with E-state index in [1.165, 1.54) is 83.5 Å². The highest BCUT2D eigenvalue weighted by Crippen LogP contribution is 2.26. The van der Waals surface area contributed by atoms with Gasteiger partial charge in [-0.1, -0.05) is 110 Å². The third-order valence-electron chi connectivity index (χ3n) is 10.2. The van der Waals surface area contributed by atoms with Gasteiger partial charge in [0.2, 0.25) is 0 Å². The topological polar surface area (TPSA) is 102 Å². The second-order valence-corrected chi connectivity index (χ2v) is 15.3. The Morgan fingerprint density at radius 3 is 0.983 bits per heavy atom. The van der Waals surface area contributed by atoms with Crippen LogP contribution in [0.15, 0.2) is 94.9 Å². The largest absolute Gasteiger partial charge is 0.507 e. The van der Waals surface area contributed by atoms with E-state index < -0.39 is 0 Å². The zero-order valence-electron chi connectivity index (χ0n) is 35.9. The number of phenolic OH excluding ortho intramolecular Hbond substituents is 2. The lowest BCUT2D eigenvalue weighted by Crippen LogP contribution is -1.98. The van der Waals surface area contributed by atoms with Crippen LogP contribution in [-0.2, 0) is 0 Å². The Hall–Kier alpha value is -4.98. The lowest BCUT2D eigenvalue weighted by Gasteiger charge is -2.08. The number of hydrogen-bond donors (Lipinski definition) is 2. The minimum absolute atomic E-state index is 0.162. The van der Waals surface area contributed by atoms with E-state index in [-0.39, 0.29) is 11.5 Å². The van der Waals surface area contributed by atoms with Crippen LogP contribution in [0.5, 0.6) is 34.5 Å². The monoisotopic (exact) mass is 807 g/mol. The van der Waals surface area contributed by atoms with E-state index in [0.29, 0.717) is 49.1 Å². The van der Waals surface area contributed by atoms with Crippen molar-refractivity contribution in [2.24, 2.45) is 9.98 Å². The number of ether oxygens (including phenoxy) is 4. The van der Waals surface area contributed by atoms with Gasteiger partial charge in [0.1, 0.15) is 34.5 Å². The van der Waals surface area contributed by atoms with Crippen LogP contribution in [0, 0.1) is 0 Å². The standard InChI is InChI=1S/C51H70N2O6/c1-3-5-7-9-14-20-36-58-48-28-22-42(50(54)38-48)40-52-44-24-30-46(31-25-44)56-34-18-16-12-11-13-17-19-35-57-47-32-26-45(27-33-47)53-41-43-23-29-49(39-51(43)55)59-37-21-15-10-8-6-4-2/h22-33,38-41,54-55H,3-21,34-37H2,1-2H3. The molecule has 0 aliphatic heterocycles. The molecule has 0 saturated heterocycles. The van der Waals surface area contributed by atoms with Crippen molar-refractivity contribution >= 4 is 23.8 Å². The molecule has 0 saturated carbocycles. The Morgan fingerprint density at radius 1 is 0.373 bits per heavy atom. The minimum atomic E-state index is 0.162. The fraction of sp³-hybridized carbons (Fsp3) is 0.490. The number of aliphatic imine (C=N–C) groups is 2. The van der Waals surface area contributed by atoms with Gasteiger partial charge in [0.05, 0.1) is 37.8 Å². The van der Waals surface area contributed by atoms with E-state index in [4.69, 9.17) is 18.9 Å². The van der Waals surface area contributed by atoms with Crippen molar-refractivity contribution in [3.63, 3.8) is 0 Å². The molecular weight excluding hydrogens is 737 g/mol. The van der Waals surface area contributed by atoms with Crippen LogP contribution in [-0.4, -0.2) is 49.1 Å². The van der Waals surface area contributed by atoms with E-state index in [2.05, 4.69) is 23.8 Å². The molecule has 0 amide bonds. The maximum Gasteiger partial charge on any atom is 0.128 e. The van der Waals surface area contributed by atoms with Crippen molar-refractivity contribution in [2.45, 2.75) is 136 Å². The van der Waals surface area contributed by atoms with Gasteiger partial charge in [-0.05, 0) is 98.5 Å². The fourth-order valence-corrected chi connectivity index (χ4v) is 6.60. The maximum absolute atomic E-state index is 10.5. The lowest BCUT2D eigenvalue weighted by atomic mass is 10.1. The first-order valence-electron chi connectivity index (χ1n) is 22.5. The van der Waals surface area contributed by atoms with E-state index in [1.54, 1.807) is 24.6 Å². The second-order valence-electron chi connectivity index (χ2n) is 15.3. The van der Waals surface area contributed by atoms with Crippen molar-refractivity contribution in [2.75, 3.05) is 26.4 Å². The average Bonchev–Trinajstić information content (AvgIpc) is 3.25. The normalized spacial score (nSPS) is 11.4. The molecule has 0 aliphatic carbocycles. The van der Waals surface area contributed by atoms with Crippen molar-refractivity contribution in [1.82, 2.24) is 0 Å². The Bertz CT molecular complexity index is 1630. The summed E-state index contributed by atoms with van der Waals surface area (Å²) in [6.45, 7) is 7.20. The highest BCUT2D eigenvalue weighted by atomic mass is 16.5. The molecular formula is C51H70N2O6. The molecule has 0 heterocycles. The number of benzene rings is 4. The summed E-state index contributed by atoms with van der Waals surface area (Å²) in [5.74, 6) is 3.37. The van der Waals surface area contributed by atoms with Gasteiger partial charge in [-0.25, -0.2) is 0 Å². The number of aromatic hydroxyl groups is 2. The minimum Gasteiger partial charge on any atom is -0.507 e. The highest BCUT2D eigenvalue weighted by Gasteiger charge is 2.05. The Morgan fingerprint density at radius 2 is 0.661 bits per heavy atom. The van der Waals surface area contributed by atoms with Crippen molar-refractivity contribution in [1.29, 1.82) is 0 Å². The van der Waals surface area contributed by atoms with Crippen LogP contribution in [0.3, 0.4) is 0 Å². The Labute approximate surface area is 354 Å². The Balaban J connectivity index is 0.990.